The summed E-state index contributed by atoms with van der Waals surface area (Å²) in [6, 6.07) is 10.0. The maximum atomic E-state index is 11.1. The molecule has 6 nitrogen and oxygen atoms in total. The predicted octanol–water partition coefficient (Wildman–Crippen LogP) is 2.81. The van der Waals surface area contributed by atoms with Crippen LogP contribution in [0.15, 0.2) is 48.8 Å². The summed E-state index contributed by atoms with van der Waals surface area (Å²) >= 11 is 0. The summed E-state index contributed by atoms with van der Waals surface area (Å²) in [4.78, 5) is 25.8. The number of rotatable bonds is 4. The molecule has 0 bridgehead atoms. The van der Waals surface area contributed by atoms with Gasteiger partial charge in [-0.1, -0.05) is 12.1 Å². The van der Waals surface area contributed by atoms with Gasteiger partial charge in [-0.2, -0.15) is 0 Å². The molecule has 0 radical (unpaired) electrons. The summed E-state index contributed by atoms with van der Waals surface area (Å²) in [5.41, 5.74) is 2.08. The maximum absolute atomic E-state index is 11.1. The van der Waals surface area contributed by atoms with Crippen LogP contribution in [0.1, 0.15) is 15.9 Å². The van der Waals surface area contributed by atoms with E-state index in [-0.39, 0.29) is 5.69 Å². The van der Waals surface area contributed by atoms with Crippen molar-refractivity contribution in [3.8, 4) is 0 Å². The van der Waals surface area contributed by atoms with Crippen LogP contribution in [0.3, 0.4) is 0 Å². The average molecular weight is 281 g/mol. The lowest BCUT2D eigenvalue weighted by Crippen LogP contribution is -2.00. The third-order valence-corrected chi connectivity index (χ3v) is 3.27. The minimum atomic E-state index is -0.424. The lowest BCUT2D eigenvalue weighted by atomic mass is 10.2. The highest BCUT2D eigenvalue weighted by Crippen LogP contribution is 2.20. The van der Waals surface area contributed by atoms with Crippen LogP contribution in [0, 0.1) is 10.1 Å². The molecular weight excluding hydrogens is 270 g/mol. The van der Waals surface area contributed by atoms with Crippen molar-refractivity contribution in [1.29, 1.82) is 0 Å². The Labute approximate surface area is 119 Å². The van der Waals surface area contributed by atoms with Crippen LogP contribution >= 0.6 is 0 Å². The molecule has 1 aromatic carbocycles. The quantitative estimate of drug-likeness (QED) is 0.418. The topological polar surface area (TPSA) is 78.0 Å². The van der Waals surface area contributed by atoms with E-state index in [0.717, 1.165) is 17.2 Å². The molecule has 0 amide bonds. The number of carbonyl (C=O) groups excluding carboxylic acids is 1. The predicted molar refractivity (Wildman–Crippen MR) is 77.3 cm³/mol. The van der Waals surface area contributed by atoms with E-state index in [2.05, 4.69) is 4.98 Å². The number of nitrogens with zero attached hydrogens (tertiary/aromatic N) is 3. The van der Waals surface area contributed by atoms with E-state index in [9.17, 15) is 14.9 Å². The molecule has 0 saturated heterocycles. The molecule has 0 aliphatic heterocycles. The van der Waals surface area contributed by atoms with Gasteiger partial charge in [0.1, 0.15) is 5.65 Å². The monoisotopic (exact) mass is 281 g/mol. The second-order valence-corrected chi connectivity index (χ2v) is 4.63. The van der Waals surface area contributed by atoms with Crippen molar-refractivity contribution in [1.82, 2.24) is 9.55 Å². The number of non-ortho nitro benzene ring substituents is 1. The van der Waals surface area contributed by atoms with Crippen LogP contribution in [-0.4, -0.2) is 20.8 Å². The lowest BCUT2D eigenvalue weighted by molar-refractivity contribution is -0.384. The molecule has 104 valence electrons. The molecule has 0 aliphatic rings. The molecule has 0 saturated carbocycles. The Balaban J connectivity index is 2.04. The van der Waals surface area contributed by atoms with E-state index in [0.29, 0.717) is 17.8 Å². The highest BCUT2D eigenvalue weighted by Gasteiger charge is 2.10. The van der Waals surface area contributed by atoms with Gasteiger partial charge in [0.15, 0.2) is 6.29 Å². The van der Waals surface area contributed by atoms with E-state index in [1.165, 1.54) is 12.1 Å². The number of fused-ring (bicyclic) bond motifs is 1. The van der Waals surface area contributed by atoms with Gasteiger partial charge in [-0.25, -0.2) is 4.98 Å². The Morgan fingerprint density at radius 3 is 2.90 bits per heavy atom. The number of benzene rings is 1. The molecule has 2 heterocycles. The Bertz CT molecular complexity index is 839. The van der Waals surface area contributed by atoms with Crippen molar-refractivity contribution in [3.05, 3.63) is 70.0 Å². The number of hydrogen-bond acceptors (Lipinski definition) is 4. The summed E-state index contributed by atoms with van der Waals surface area (Å²) in [6.45, 7) is 0.420. The lowest BCUT2D eigenvalue weighted by Gasteiger charge is -2.04. The Kier molecular flexibility index (Phi) is 3.19. The summed E-state index contributed by atoms with van der Waals surface area (Å²) in [5, 5.41) is 11.6. The SMILES string of the molecule is O=Cc1cn(Cc2cccc([N+](=O)[O-])c2)c2ncccc12. The van der Waals surface area contributed by atoms with Gasteiger partial charge < -0.3 is 4.57 Å². The fourth-order valence-electron chi connectivity index (χ4n) is 2.33. The largest absolute Gasteiger partial charge is 0.327 e. The molecule has 0 fully saturated rings. The maximum Gasteiger partial charge on any atom is 0.269 e. The summed E-state index contributed by atoms with van der Waals surface area (Å²) < 4.78 is 1.82. The van der Waals surface area contributed by atoms with E-state index in [1.54, 1.807) is 24.5 Å². The third kappa shape index (κ3) is 2.38. The van der Waals surface area contributed by atoms with Gasteiger partial charge in [-0.05, 0) is 17.7 Å². The standard InChI is InChI=1S/C15H11N3O3/c19-10-12-9-17(15-14(12)5-2-6-16-15)8-11-3-1-4-13(7-11)18(20)21/h1-7,9-10H,8H2. The molecule has 3 aromatic rings. The van der Waals surface area contributed by atoms with Gasteiger partial charge in [-0.3, -0.25) is 14.9 Å². The molecule has 3 rings (SSSR count). The van der Waals surface area contributed by atoms with Crippen molar-refractivity contribution in [2.75, 3.05) is 0 Å². The number of nitro benzene ring substituents is 1. The van der Waals surface area contributed by atoms with Gasteiger partial charge in [0.05, 0.1) is 4.92 Å². The van der Waals surface area contributed by atoms with Gasteiger partial charge in [-0.15, -0.1) is 0 Å². The molecule has 0 unspecified atom stereocenters. The molecule has 0 N–H and O–H groups in total. The summed E-state index contributed by atoms with van der Waals surface area (Å²) in [7, 11) is 0. The second kappa shape index (κ2) is 5.16. The Morgan fingerprint density at radius 2 is 2.14 bits per heavy atom. The molecule has 6 heteroatoms. The first-order valence-corrected chi connectivity index (χ1v) is 6.31. The van der Waals surface area contributed by atoms with Gasteiger partial charge in [0.2, 0.25) is 0 Å². The molecule has 0 atom stereocenters. The van der Waals surface area contributed by atoms with E-state index in [4.69, 9.17) is 0 Å². The number of aromatic nitrogens is 2. The second-order valence-electron chi connectivity index (χ2n) is 4.63. The highest BCUT2D eigenvalue weighted by molar-refractivity contribution is 5.95. The van der Waals surface area contributed by atoms with E-state index < -0.39 is 4.92 Å². The first-order chi connectivity index (χ1) is 10.2. The summed E-state index contributed by atoms with van der Waals surface area (Å²) in [6.07, 6.45) is 4.15. The number of carbonyl (C=O) groups is 1. The van der Waals surface area contributed by atoms with Crippen molar-refractivity contribution in [3.63, 3.8) is 0 Å². The molecular formula is C15H11N3O3. The van der Waals surface area contributed by atoms with Crippen molar-refractivity contribution in [2.45, 2.75) is 6.54 Å². The van der Waals surface area contributed by atoms with Crippen LogP contribution in [0.4, 0.5) is 5.69 Å². The molecule has 0 aliphatic carbocycles. The van der Waals surface area contributed by atoms with Crippen LogP contribution < -0.4 is 0 Å². The van der Waals surface area contributed by atoms with E-state index >= 15 is 0 Å². The fourth-order valence-corrected chi connectivity index (χ4v) is 2.33. The minimum absolute atomic E-state index is 0.0486. The van der Waals surface area contributed by atoms with Gasteiger partial charge in [0, 0.05) is 42.0 Å². The zero-order valence-corrected chi connectivity index (χ0v) is 11.0. The van der Waals surface area contributed by atoms with Gasteiger partial charge >= 0.3 is 0 Å². The third-order valence-electron chi connectivity index (χ3n) is 3.27. The first kappa shape index (κ1) is 13.0. The number of nitro groups is 1. The average Bonchev–Trinajstić information content (AvgIpc) is 2.86. The summed E-state index contributed by atoms with van der Waals surface area (Å²) in [5.74, 6) is 0. The van der Waals surface area contributed by atoms with Crippen LogP contribution in [-0.2, 0) is 6.54 Å². The number of hydrogen-bond donors (Lipinski definition) is 0. The number of aldehydes is 1. The zero-order valence-electron chi connectivity index (χ0n) is 11.0. The van der Waals surface area contributed by atoms with Crippen LogP contribution in [0.2, 0.25) is 0 Å². The highest BCUT2D eigenvalue weighted by atomic mass is 16.6. The van der Waals surface area contributed by atoms with Crippen LogP contribution in [0.5, 0.6) is 0 Å². The normalized spacial score (nSPS) is 10.7. The Hall–Kier alpha value is -3.02. The van der Waals surface area contributed by atoms with Crippen LogP contribution in [0.25, 0.3) is 11.0 Å². The minimum Gasteiger partial charge on any atom is -0.327 e. The fraction of sp³-hybridized carbons (Fsp3) is 0.0667. The zero-order chi connectivity index (χ0) is 14.8. The number of pyridine rings is 1. The Morgan fingerprint density at radius 1 is 1.29 bits per heavy atom. The molecule has 2 aromatic heterocycles. The molecule has 0 spiro atoms. The van der Waals surface area contributed by atoms with Crippen molar-refractivity contribution >= 4 is 23.0 Å². The van der Waals surface area contributed by atoms with Crippen molar-refractivity contribution < 1.29 is 9.72 Å². The smallest absolute Gasteiger partial charge is 0.269 e. The van der Waals surface area contributed by atoms with Crippen molar-refractivity contribution in [2.24, 2.45) is 0 Å². The van der Waals surface area contributed by atoms with E-state index in [1.807, 2.05) is 16.7 Å². The van der Waals surface area contributed by atoms with Gasteiger partial charge in [0.25, 0.3) is 5.69 Å². The first-order valence-electron chi connectivity index (χ1n) is 6.31. The molecule has 21 heavy (non-hydrogen) atoms.